The fourth-order valence-electron chi connectivity index (χ4n) is 5.28. The number of carbonyl (C=O) groups is 1. The highest BCUT2D eigenvalue weighted by Gasteiger charge is 2.52. The smallest absolute Gasteiger partial charge is 0.259 e. The van der Waals surface area contributed by atoms with Crippen LogP contribution in [0.2, 0.25) is 0 Å². The van der Waals surface area contributed by atoms with Gasteiger partial charge in [-0.3, -0.25) is 4.79 Å². The Morgan fingerprint density at radius 3 is 2.50 bits per heavy atom. The minimum absolute atomic E-state index is 0.00399. The number of benzene rings is 2. The highest BCUT2D eigenvalue weighted by atomic mass is 79.9. The van der Waals surface area contributed by atoms with E-state index in [9.17, 15) is 38.5 Å². The van der Waals surface area contributed by atoms with Crippen molar-refractivity contribution < 1.29 is 42.8 Å². The first-order valence-corrected chi connectivity index (χ1v) is 13.6. The Kier molecular flexibility index (Phi) is 8.65. The first kappa shape index (κ1) is 30.1. The number of hydrogen-bond donors (Lipinski definition) is 3. The molecule has 3 aromatic rings. The number of amides is 1. The van der Waals surface area contributed by atoms with Gasteiger partial charge in [0.15, 0.2) is 6.10 Å². The van der Waals surface area contributed by atoms with Crippen molar-refractivity contribution in [2.75, 3.05) is 18.6 Å². The van der Waals surface area contributed by atoms with Gasteiger partial charge in [0.1, 0.15) is 47.5 Å². The van der Waals surface area contributed by atoms with Crippen LogP contribution in [0.25, 0.3) is 11.3 Å². The number of aliphatic hydroxyl groups is 3. The fourth-order valence-corrected chi connectivity index (χ4v) is 5.51. The van der Waals surface area contributed by atoms with E-state index in [1.165, 1.54) is 19.4 Å². The number of aromatic nitrogens is 3. The third-order valence-corrected chi connectivity index (χ3v) is 8.30. The van der Waals surface area contributed by atoms with Crippen LogP contribution in [-0.4, -0.2) is 86.5 Å². The number of anilines is 1. The molecule has 2 heterocycles. The van der Waals surface area contributed by atoms with Gasteiger partial charge in [0.2, 0.25) is 0 Å². The number of nitriles is 1. The molecule has 3 N–H and O–H groups in total. The maximum atomic E-state index is 14.4. The van der Waals surface area contributed by atoms with Gasteiger partial charge >= 0.3 is 0 Å². The van der Waals surface area contributed by atoms with Crippen LogP contribution in [0.1, 0.15) is 24.4 Å². The number of methoxy groups -OCH3 is 1. The number of hydrogen-bond acceptors (Lipinski definition) is 9. The first-order chi connectivity index (χ1) is 20.1. The second kappa shape index (κ2) is 12.1. The van der Waals surface area contributed by atoms with Gasteiger partial charge in [0.25, 0.3) is 5.91 Å². The Morgan fingerprint density at radius 1 is 1.21 bits per heavy atom. The zero-order valence-corrected chi connectivity index (χ0v) is 23.5. The topological polar surface area (TPSA) is 154 Å². The number of nitrogens with zero attached hydrogens (tertiary/aromatic N) is 5. The molecule has 1 aromatic heterocycles. The molecule has 2 fully saturated rings. The summed E-state index contributed by atoms with van der Waals surface area (Å²) in [5.74, 6) is -3.31. The lowest BCUT2D eigenvalue weighted by molar-refractivity contribution is -0.211. The molecule has 1 saturated heterocycles. The predicted molar refractivity (Wildman–Crippen MR) is 142 cm³/mol. The Bertz CT molecular complexity index is 1510. The van der Waals surface area contributed by atoms with Crippen molar-refractivity contribution in [3.8, 4) is 17.3 Å². The van der Waals surface area contributed by atoms with Crippen LogP contribution < -0.4 is 4.90 Å². The van der Waals surface area contributed by atoms with Gasteiger partial charge in [-0.25, -0.2) is 17.9 Å². The van der Waals surface area contributed by atoms with Gasteiger partial charge in [0, 0.05) is 18.4 Å². The SMILES string of the molecule is CO[C@@H]1[C@@H](n2cc(-c3cc(F)c(Br)c(F)c3)nn2)[C@@H](O)[C@@H](CO)O[C@H]1C(=O)N(c1cc(F)cc(C#N)c1)[C@H]1CC[C@@H]1O. The molecule has 0 bridgehead atoms. The lowest BCUT2D eigenvalue weighted by atomic mass is 9.85. The molecule has 2 aromatic carbocycles. The molecule has 15 heteroatoms. The van der Waals surface area contributed by atoms with Crippen molar-refractivity contribution >= 4 is 27.5 Å². The summed E-state index contributed by atoms with van der Waals surface area (Å²) in [7, 11) is 1.25. The molecule has 1 saturated carbocycles. The average Bonchev–Trinajstić information content (AvgIpc) is 3.46. The first-order valence-electron chi connectivity index (χ1n) is 12.8. The van der Waals surface area contributed by atoms with Crippen molar-refractivity contribution in [2.45, 2.75) is 55.4 Å². The normalized spacial score (nSPS) is 27.3. The van der Waals surface area contributed by atoms with E-state index in [1.54, 1.807) is 0 Å². The van der Waals surface area contributed by atoms with Crippen LogP contribution in [0.15, 0.2) is 41.0 Å². The van der Waals surface area contributed by atoms with Crippen molar-refractivity contribution in [3.05, 3.63) is 64.0 Å². The maximum absolute atomic E-state index is 14.4. The third-order valence-electron chi connectivity index (χ3n) is 7.54. The van der Waals surface area contributed by atoms with Crippen LogP contribution in [0.3, 0.4) is 0 Å². The van der Waals surface area contributed by atoms with Gasteiger partial charge in [0.05, 0.1) is 41.1 Å². The van der Waals surface area contributed by atoms with Crippen LogP contribution >= 0.6 is 15.9 Å². The van der Waals surface area contributed by atoms with E-state index in [2.05, 4.69) is 26.2 Å². The Morgan fingerprint density at radius 2 is 1.93 bits per heavy atom. The van der Waals surface area contributed by atoms with Crippen LogP contribution in [0.5, 0.6) is 0 Å². The van der Waals surface area contributed by atoms with Gasteiger partial charge in [-0.1, -0.05) is 5.21 Å². The van der Waals surface area contributed by atoms with E-state index in [0.717, 1.165) is 33.8 Å². The summed E-state index contributed by atoms with van der Waals surface area (Å²) >= 11 is 2.81. The summed E-state index contributed by atoms with van der Waals surface area (Å²) in [6.07, 6.45) is -4.48. The molecule has 5 rings (SSSR count). The second-order valence-corrected chi connectivity index (χ2v) is 10.8. The summed E-state index contributed by atoms with van der Waals surface area (Å²) in [5.41, 5.74) is 0.0393. The lowest BCUT2D eigenvalue weighted by Gasteiger charge is -2.47. The van der Waals surface area contributed by atoms with Crippen molar-refractivity contribution in [1.82, 2.24) is 15.0 Å². The summed E-state index contributed by atoms with van der Waals surface area (Å²) in [6.45, 7) is -0.715. The average molecular weight is 652 g/mol. The zero-order chi connectivity index (χ0) is 30.3. The zero-order valence-electron chi connectivity index (χ0n) is 21.9. The van der Waals surface area contributed by atoms with Crippen LogP contribution in [0, 0.1) is 28.8 Å². The van der Waals surface area contributed by atoms with E-state index in [-0.39, 0.29) is 27.0 Å². The summed E-state index contributed by atoms with van der Waals surface area (Å²) in [4.78, 5) is 15.3. The van der Waals surface area contributed by atoms with Crippen molar-refractivity contribution in [3.63, 3.8) is 0 Å². The molecular formula is C27H25BrF3N5O6. The molecule has 222 valence electrons. The number of rotatable bonds is 7. The molecule has 0 unspecified atom stereocenters. The molecule has 0 spiro atoms. The van der Waals surface area contributed by atoms with Crippen LogP contribution in [0.4, 0.5) is 18.9 Å². The molecule has 1 aliphatic heterocycles. The molecule has 2 aliphatic rings. The molecule has 1 amide bonds. The van der Waals surface area contributed by atoms with E-state index in [1.807, 2.05) is 6.07 Å². The van der Waals surface area contributed by atoms with E-state index in [0.29, 0.717) is 12.8 Å². The summed E-state index contributed by atoms with van der Waals surface area (Å²) in [5, 5.41) is 48.9. The molecule has 1 aliphatic carbocycles. The number of aliphatic hydroxyl groups excluding tert-OH is 3. The van der Waals surface area contributed by atoms with Gasteiger partial charge in [-0.05, 0) is 59.1 Å². The molecule has 7 atom stereocenters. The van der Waals surface area contributed by atoms with Crippen LogP contribution in [-0.2, 0) is 14.3 Å². The Labute approximate surface area is 245 Å². The lowest BCUT2D eigenvalue weighted by Crippen LogP contribution is -2.64. The molecule has 11 nitrogen and oxygen atoms in total. The quantitative estimate of drug-likeness (QED) is 0.326. The summed E-state index contributed by atoms with van der Waals surface area (Å²) < 4.78 is 55.0. The van der Waals surface area contributed by atoms with Gasteiger partial charge in [-0.15, -0.1) is 5.10 Å². The van der Waals surface area contributed by atoms with E-state index in [4.69, 9.17) is 9.47 Å². The highest BCUT2D eigenvalue weighted by molar-refractivity contribution is 9.10. The number of carbonyl (C=O) groups excluding carboxylic acids is 1. The standard InChI is InChI=1S/C27H25BrF3N5O6/c1-41-25-23(35-10-18(33-34-35)13-6-16(30)22(28)17(31)7-13)24(39)21(11-37)42-26(25)27(40)36(19-2-3-20(19)38)15-5-12(9-32)4-14(29)8-15/h4-8,10,19-21,23-26,37-39H,2-3,11H2,1H3/t19-,20-,21+,23-,24-,25+,26+/m0/s1. The monoisotopic (exact) mass is 651 g/mol. The highest BCUT2D eigenvalue weighted by Crippen LogP contribution is 2.37. The fraction of sp³-hybridized carbons (Fsp3) is 0.407. The van der Waals surface area contributed by atoms with Crippen molar-refractivity contribution in [1.29, 1.82) is 5.26 Å². The number of halogens is 4. The molecular weight excluding hydrogens is 627 g/mol. The molecule has 0 radical (unpaired) electrons. The third kappa shape index (κ3) is 5.41. The second-order valence-electron chi connectivity index (χ2n) is 10.0. The number of ether oxygens (including phenoxy) is 2. The molecule has 42 heavy (non-hydrogen) atoms. The van der Waals surface area contributed by atoms with Crippen molar-refractivity contribution in [2.24, 2.45) is 0 Å². The largest absolute Gasteiger partial charge is 0.394 e. The van der Waals surface area contributed by atoms with E-state index >= 15 is 0 Å². The minimum atomic E-state index is -1.52. The van der Waals surface area contributed by atoms with Gasteiger partial charge < -0.3 is 29.7 Å². The van der Waals surface area contributed by atoms with E-state index < -0.39 is 72.6 Å². The Balaban J connectivity index is 1.54. The maximum Gasteiger partial charge on any atom is 0.259 e. The predicted octanol–water partition coefficient (Wildman–Crippen LogP) is 2.23. The Hall–Kier alpha value is -3.39. The summed E-state index contributed by atoms with van der Waals surface area (Å²) in [6, 6.07) is 5.28. The van der Waals surface area contributed by atoms with Gasteiger partial charge in [-0.2, -0.15) is 5.26 Å². The minimum Gasteiger partial charge on any atom is -0.394 e.